The third-order valence-electron chi connectivity index (χ3n) is 5.65. The van der Waals surface area contributed by atoms with Gasteiger partial charge in [0.2, 0.25) is 5.91 Å². The fourth-order valence-corrected chi connectivity index (χ4v) is 5.48. The summed E-state index contributed by atoms with van der Waals surface area (Å²) in [4.78, 5) is 52.4. The first-order valence-corrected chi connectivity index (χ1v) is 11.5. The van der Waals surface area contributed by atoms with Gasteiger partial charge in [0, 0.05) is 24.4 Å². The highest BCUT2D eigenvalue weighted by atomic mass is 32.1. The zero-order chi connectivity index (χ0) is 22.0. The molecule has 0 saturated heterocycles. The van der Waals surface area contributed by atoms with E-state index < -0.39 is 0 Å². The maximum Gasteiger partial charge on any atom is 0.261 e. The molecular weight excluding hydrogens is 414 g/mol. The number of imide groups is 1. The van der Waals surface area contributed by atoms with Crippen LogP contribution >= 0.6 is 11.3 Å². The first kappa shape index (κ1) is 21.2. The topological polar surface area (TPSA) is 95.6 Å². The van der Waals surface area contributed by atoms with Crippen molar-refractivity contribution in [1.29, 1.82) is 0 Å². The molecule has 2 aliphatic rings. The predicted molar refractivity (Wildman–Crippen MR) is 119 cm³/mol. The number of fused-ring (bicyclic) bond motifs is 2. The van der Waals surface area contributed by atoms with Gasteiger partial charge in [-0.3, -0.25) is 24.1 Å². The third-order valence-corrected chi connectivity index (χ3v) is 6.86. The van der Waals surface area contributed by atoms with E-state index in [0.717, 1.165) is 31.2 Å². The Hall–Kier alpha value is -3.00. The van der Waals surface area contributed by atoms with Crippen molar-refractivity contribution >= 4 is 40.0 Å². The molecule has 2 aromatic rings. The molecule has 1 aliphatic carbocycles. The lowest BCUT2D eigenvalue weighted by molar-refractivity contribution is -0.116. The van der Waals surface area contributed by atoms with E-state index in [1.165, 1.54) is 21.1 Å². The minimum absolute atomic E-state index is 0.150. The highest BCUT2D eigenvalue weighted by molar-refractivity contribution is 7.17. The van der Waals surface area contributed by atoms with Crippen molar-refractivity contribution in [3.05, 3.63) is 51.4 Å². The predicted octanol–water partition coefficient (Wildman–Crippen LogP) is 3.39. The van der Waals surface area contributed by atoms with Gasteiger partial charge in [0.25, 0.3) is 17.7 Å². The summed E-state index contributed by atoms with van der Waals surface area (Å²) < 4.78 is 0. The van der Waals surface area contributed by atoms with Gasteiger partial charge in [-0.1, -0.05) is 12.1 Å². The number of nitrogens with one attached hydrogen (secondary N) is 2. The zero-order valence-electron chi connectivity index (χ0n) is 17.5. The number of benzene rings is 1. The Morgan fingerprint density at radius 3 is 2.42 bits per heavy atom. The van der Waals surface area contributed by atoms with Crippen molar-refractivity contribution in [1.82, 2.24) is 10.2 Å². The summed E-state index contributed by atoms with van der Waals surface area (Å²) in [7, 11) is 0. The highest BCUT2D eigenvalue weighted by Crippen LogP contribution is 2.38. The summed E-state index contributed by atoms with van der Waals surface area (Å²) in [5.74, 6) is -1.00. The minimum atomic E-state index is -0.314. The molecular formula is C23H25N3O4S. The smallest absolute Gasteiger partial charge is 0.261 e. The first-order valence-electron chi connectivity index (χ1n) is 10.7. The Bertz CT molecular complexity index is 1020. The Labute approximate surface area is 184 Å². The number of carbonyl (C=O) groups is 4. The number of hydrogen-bond acceptors (Lipinski definition) is 5. The monoisotopic (exact) mass is 439 g/mol. The molecule has 0 unspecified atom stereocenters. The maximum atomic E-state index is 12.6. The Kier molecular flexibility index (Phi) is 6.18. The maximum absolute atomic E-state index is 12.6. The quantitative estimate of drug-likeness (QED) is 0.647. The van der Waals surface area contributed by atoms with E-state index in [-0.39, 0.29) is 36.6 Å². The van der Waals surface area contributed by atoms with Crippen LogP contribution in [0, 0.1) is 0 Å². The van der Waals surface area contributed by atoms with Crippen LogP contribution in [0.2, 0.25) is 0 Å². The minimum Gasteiger partial charge on any atom is -0.352 e. The van der Waals surface area contributed by atoms with Crippen molar-refractivity contribution in [3.63, 3.8) is 0 Å². The van der Waals surface area contributed by atoms with Crippen molar-refractivity contribution in [3.8, 4) is 0 Å². The lowest BCUT2D eigenvalue weighted by Gasteiger charge is -2.14. The van der Waals surface area contributed by atoms with Crippen LogP contribution in [0.3, 0.4) is 0 Å². The largest absolute Gasteiger partial charge is 0.352 e. The van der Waals surface area contributed by atoms with Crippen LogP contribution in [-0.4, -0.2) is 41.6 Å². The Morgan fingerprint density at radius 1 is 1.06 bits per heavy atom. The van der Waals surface area contributed by atoms with Gasteiger partial charge in [-0.15, -0.1) is 11.3 Å². The number of amides is 4. The van der Waals surface area contributed by atoms with Gasteiger partial charge in [0.15, 0.2) is 0 Å². The van der Waals surface area contributed by atoms with Crippen LogP contribution < -0.4 is 10.6 Å². The molecule has 0 fully saturated rings. The number of thiophene rings is 1. The summed E-state index contributed by atoms with van der Waals surface area (Å²) in [5, 5.41) is 6.35. The summed E-state index contributed by atoms with van der Waals surface area (Å²) in [6.45, 7) is 2.58. The number of nitrogens with zero attached hydrogens (tertiary/aromatic N) is 1. The lowest BCUT2D eigenvalue weighted by atomic mass is 9.95. The molecule has 1 aromatic heterocycles. The van der Waals surface area contributed by atoms with Gasteiger partial charge in [-0.2, -0.15) is 0 Å². The van der Waals surface area contributed by atoms with Crippen LogP contribution in [0.1, 0.15) is 74.1 Å². The van der Waals surface area contributed by atoms with E-state index in [1.54, 1.807) is 24.3 Å². The lowest BCUT2D eigenvalue weighted by Crippen LogP contribution is -2.31. The molecule has 0 saturated carbocycles. The third kappa shape index (κ3) is 4.12. The Morgan fingerprint density at radius 2 is 1.74 bits per heavy atom. The van der Waals surface area contributed by atoms with Crippen molar-refractivity contribution in [2.24, 2.45) is 0 Å². The molecule has 0 atom stereocenters. The zero-order valence-corrected chi connectivity index (χ0v) is 18.3. The fourth-order valence-electron chi connectivity index (χ4n) is 4.17. The number of hydrogen-bond donors (Lipinski definition) is 2. The van der Waals surface area contributed by atoms with Gasteiger partial charge in [0.1, 0.15) is 5.00 Å². The van der Waals surface area contributed by atoms with E-state index in [1.807, 2.05) is 6.92 Å². The number of rotatable bonds is 7. The Balaban J connectivity index is 1.39. The normalized spacial score (nSPS) is 14.9. The summed E-state index contributed by atoms with van der Waals surface area (Å²) >= 11 is 1.48. The van der Waals surface area contributed by atoms with E-state index in [4.69, 9.17) is 0 Å². The number of carbonyl (C=O) groups excluding carboxylic acids is 4. The molecule has 31 heavy (non-hydrogen) atoms. The molecule has 0 spiro atoms. The van der Waals surface area contributed by atoms with Crippen molar-refractivity contribution < 1.29 is 19.2 Å². The second kappa shape index (κ2) is 9.01. The van der Waals surface area contributed by atoms with Crippen molar-refractivity contribution in [2.75, 3.05) is 18.4 Å². The fraction of sp³-hybridized carbons (Fsp3) is 0.391. The second-order valence-electron chi connectivity index (χ2n) is 7.73. The van der Waals surface area contributed by atoms with Gasteiger partial charge in [-0.05, 0) is 56.7 Å². The molecule has 8 heteroatoms. The van der Waals surface area contributed by atoms with E-state index in [9.17, 15) is 19.2 Å². The molecule has 2 N–H and O–H groups in total. The summed E-state index contributed by atoms with van der Waals surface area (Å²) in [5.41, 5.74) is 2.47. The van der Waals surface area contributed by atoms with Gasteiger partial charge in [-0.25, -0.2) is 0 Å². The average molecular weight is 440 g/mol. The molecule has 1 aromatic carbocycles. The van der Waals surface area contributed by atoms with Crippen LogP contribution in [0.4, 0.5) is 5.00 Å². The van der Waals surface area contributed by atoms with Crippen LogP contribution in [-0.2, 0) is 17.6 Å². The molecule has 7 nitrogen and oxygen atoms in total. The van der Waals surface area contributed by atoms with Crippen LogP contribution in [0.15, 0.2) is 24.3 Å². The molecule has 2 heterocycles. The van der Waals surface area contributed by atoms with Crippen molar-refractivity contribution in [2.45, 2.75) is 45.4 Å². The number of aryl methyl sites for hydroxylation is 1. The van der Waals surface area contributed by atoms with E-state index in [0.29, 0.717) is 34.7 Å². The number of anilines is 1. The van der Waals surface area contributed by atoms with Gasteiger partial charge < -0.3 is 10.6 Å². The summed E-state index contributed by atoms with van der Waals surface area (Å²) in [6, 6.07) is 6.75. The summed E-state index contributed by atoms with van der Waals surface area (Å²) in [6.07, 6.45) is 4.44. The molecule has 0 radical (unpaired) electrons. The SMILES string of the molecule is CCNC(=O)c1c(NC(=O)CCCN2C(=O)c3ccccc3C2=O)sc2c1CCCC2. The molecule has 4 rings (SSSR count). The van der Waals surface area contributed by atoms with Gasteiger partial charge >= 0.3 is 0 Å². The molecule has 4 amide bonds. The molecule has 1 aliphatic heterocycles. The van der Waals surface area contributed by atoms with E-state index in [2.05, 4.69) is 10.6 Å². The standard InChI is InChI=1S/C23H25N3O4S/c1-2-24-20(28)19-16-10-5-6-11-17(16)31-21(19)25-18(27)12-7-13-26-22(29)14-8-3-4-9-15(14)23(26)30/h3-4,8-9H,2,5-7,10-13H2,1H3,(H,24,28)(H,25,27). The van der Waals surface area contributed by atoms with Crippen LogP contribution in [0.5, 0.6) is 0 Å². The molecule has 162 valence electrons. The molecule has 0 bridgehead atoms. The van der Waals surface area contributed by atoms with Gasteiger partial charge in [0.05, 0.1) is 16.7 Å². The second-order valence-corrected chi connectivity index (χ2v) is 8.84. The van der Waals surface area contributed by atoms with E-state index >= 15 is 0 Å². The highest BCUT2D eigenvalue weighted by Gasteiger charge is 2.34. The first-order chi connectivity index (χ1) is 15.0. The van der Waals surface area contributed by atoms with Crippen LogP contribution in [0.25, 0.3) is 0 Å². The average Bonchev–Trinajstić information content (AvgIpc) is 3.24.